The van der Waals surface area contributed by atoms with Gasteiger partial charge in [-0.3, -0.25) is 4.90 Å². The summed E-state index contributed by atoms with van der Waals surface area (Å²) in [6.07, 6.45) is 1.13. The number of hydrogen-bond donors (Lipinski definition) is 1. The number of rotatable bonds is 5. The summed E-state index contributed by atoms with van der Waals surface area (Å²) in [5, 5.41) is 3.32. The van der Waals surface area contributed by atoms with Gasteiger partial charge in [-0.05, 0) is 31.2 Å². The highest BCUT2D eigenvalue weighted by Gasteiger charge is 2.37. The average Bonchev–Trinajstić information content (AvgIpc) is 2.89. The van der Waals surface area contributed by atoms with Crippen LogP contribution in [0.15, 0.2) is 0 Å². The van der Waals surface area contributed by atoms with E-state index in [0.29, 0.717) is 6.04 Å². The van der Waals surface area contributed by atoms with Gasteiger partial charge in [-0.1, -0.05) is 6.92 Å². The molecule has 16 heavy (non-hydrogen) atoms. The first-order valence-corrected chi connectivity index (χ1v) is 5.82. The van der Waals surface area contributed by atoms with Crippen LogP contribution in [-0.4, -0.2) is 43.5 Å². The minimum Gasteiger partial charge on any atom is -0.316 e. The normalized spacial score (nSPS) is 29.8. The topological polar surface area (TPSA) is 15.3 Å². The molecule has 1 heterocycles. The number of hydrogen-bond acceptors (Lipinski definition) is 2. The van der Waals surface area contributed by atoms with Crippen molar-refractivity contribution in [3.8, 4) is 0 Å². The zero-order valence-corrected chi connectivity index (χ0v) is 10.5. The Bertz CT molecular complexity index is 216. The average molecular weight is 255 g/mol. The van der Waals surface area contributed by atoms with E-state index in [2.05, 4.69) is 12.2 Å². The molecule has 1 saturated heterocycles. The predicted octanol–water partition coefficient (Wildman–Crippen LogP) is 2.14. The summed E-state index contributed by atoms with van der Waals surface area (Å²) in [6.45, 7) is 4.99. The number of alkyl halides is 2. The van der Waals surface area contributed by atoms with Crippen LogP contribution in [0.5, 0.6) is 0 Å². The molecule has 5 heteroatoms. The van der Waals surface area contributed by atoms with Crippen molar-refractivity contribution >= 4 is 12.4 Å². The summed E-state index contributed by atoms with van der Waals surface area (Å²) >= 11 is 0. The quantitative estimate of drug-likeness (QED) is 0.809. The molecular weight excluding hydrogens is 234 g/mol. The van der Waals surface area contributed by atoms with Gasteiger partial charge in [-0.2, -0.15) is 0 Å². The minimum absolute atomic E-state index is 0. The molecule has 0 spiro atoms. The van der Waals surface area contributed by atoms with Gasteiger partial charge in [0.2, 0.25) is 0 Å². The first-order valence-electron chi connectivity index (χ1n) is 5.82. The third kappa shape index (κ3) is 3.82. The van der Waals surface area contributed by atoms with Crippen LogP contribution in [0.1, 0.15) is 26.2 Å². The molecule has 0 radical (unpaired) electrons. The molecule has 96 valence electrons. The second-order valence-electron chi connectivity index (χ2n) is 5.29. The molecule has 2 fully saturated rings. The van der Waals surface area contributed by atoms with Crippen molar-refractivity contribution in [1.82, 2.24) is 10.2 Å². The highest BCUT2D eigenvalue weighted by molar-refractivity contribution is 5.85. The molecule has 1 N–H and O–H groups in total. The van der Waals surface area contributed by atoms with E-state index < -0.39 is 6.43 Å². The Morgan fingerprint density at radius 3 is 2.56 bits per heavy atom. The molecule has 0 aromatic heterocycles. The highest BCUT2D eigenvalue weighted by Crippen LogP contribution is 2.33. The summed E-state index contributed by atoms with van der Waals surface area (Å²) in [7, 11) is 0. The van der Waals surface area contributed by atoms with Crippen LogP contribution in [0.3, 0.4) is 0 Å². The Kier molecular flexibility index (Phi) is 4.95. The number of nitrogens with zero attached hydrogens (tertiary/aromatic N) is 1. The van der Waals surface area contributed by atoms with E-state index in [9.17, 15) is 8.78 Å². The SMILES string of the molecule is CC1(CN(CC(F)F)C2CC2)CCNC1.Cl. The van der Waals surface area contributed by atoms with E-state index in [1.54, 1.807) is 0 Å². The Hall–Kier alpha value is 0.0700. The van der Waals surface area contributed by atoms with Gasteiger partial charge >= 0.3 is 0 Å². The van der Waals surface area contributed by atoms with Crippen molar-refractivity contribution in [3.05, 3.63) is 0 Å². The van der Waals surface area contributed by atoms with E-state index in [4.69, 9.17) is 0 Å². The van der Waals surface area contributed by atoms with E-state index in [-0.39, 0.29) is 24.4 Å². The predicted molar refractivity (Wildman–Crippen MR) is 63.4 cm³/mol. The standard InChI is InChI=1S/C11H20F2N2.ClH/c1-11(4-5-14-7-11)8-15(6-10(12)13)9-2-3-9;/h9-10,14H,2-8H2,1H3;1H. The van der Waals surface area contributed by atoms with Crippen LogP contribution < -0.4 is 5.32 Å². The Morgan fingerprint density at radius 2 is 2.12 bits per heavy atom. The lowest BCUT2D eigenvalue weighted by molar-refractivity contribution is 0.0635. The summed E-state index contributed by atoms with van der Waals surface area (Å²) in [4.78, 5) is 2.00. The van der Waals surface area contributed by atoms with E-state index in [1.165, 1.54) is 0 Å². The maximum atomic E-state index is 12.4. The third-order valence-corrected chi connectivity index (χ3v) is 3.48. The molecule has 0 amide bonds. The fraction of sp³-hybridized carbons (Fsp3) is 1.00. The molecule has 0 bridgehead atoms. The maximum absolute atomic E-state index is 12.4. The lowest BCUT2D eigenvalue weighted by Gasteiger charge is -2.31. The van der Waals surface area contributed by atoms with Gasteiger partial charge in [-0.25, -0.2) is 8.78 Å². The largest absolute Gasteiger partial charge is 0.316 e. The van der Waals surface area contributed by atoms with Gasteiger partial charge in [0, 0.05) is 19.1 Å². The molecule has 2 rings (SSSR count). The van der Waals surface area contributed by atoms with Crippen LogP contribution in [0.4, 0.5) is 8.78 Å². The van der Waals surface area contributed by atoms with E-state index in [1.807, 2.05) is 4.90 Å². The molecular formula is C11H21ClF2N2. The van der Waals surface area contributed by atoms with Gasteiger partial charge in [0.15, 0.2) is 0 Å². The summed E-state index contributed by atoms with van der Waals surface area (Å²) in [5.41, 5.74) is 0.206. The lowest BCUT2D eigenvalue weighted by atomic mass is 9.89. The zero-order chi connectivity index (χ0) is 10.9. The molecule has 1 saturated carbocycles. The molecule has 1 unspecified atom stereocenters. The Morgan fingerprint density at radius 1 is 1.44 bits per heavy atom. The van der Waals surface area contributed by atoms with Crippen molar-refractivity contribution < 1.29 is 8.78 Å². The number of nitrogens with one attached hydrogen (secondary N) is 1. The van der Waals surface area contributed by atoms with Gasteiger partial charge in [0.05, 0.1) is 6.54 Å². The van der Waals surface area contributed by atoms with Gasteiger partial charge in [-0.15, -0.1) is 12.4 Å². The van der Waals surface area contributed by atoms with Crippen molar-refractivity contribution in [2.75, 3.05) is 26.2 Å². The maximum Gasteiger partial charge on any atom is 0.251 e. The van der Waals surface area contributed by atoms with Crippen LogP contribution in [-0.2, 0) is 0 Å². The van der Waals surface area contributed by atoms with Crippen LogP contribution >= 0.6 is 12.4 Å². The summed E-state index contributed by atoms with van der Waals surface area (Å²) in [5.74, 6) is 0. The third-order valence-electron chi connectivity index (χ3n) is 3.48. The van der Waals surface area contributed by atoms with Gasteiger partial charge in [0.1, 0.15) is 0 Å². The van der Waals surface area contributed by atoms with Gasteiger partial charge in [0.25, 0.3) is 6.43 Å². The van der Waals surface area contributed by atoms with Crippen molar-refractivity contribution in [1.29, 1.82) is 0 Å². The molecule has 0 aromatic rings. The van der Waals surface area contributed by atoms with Crippen molar-refractivity contribution in [2.24, 2.45) is 5.41 Å². The molecule has 1 aliphatic heterocycles. The van der Waals surface area contributed by atoms with Gasteiger partial charge < -0.3 is 5.32 Å². The highest BCUT2D eigenvalue weighted by atomic mass is 35.5. The molecule has 2 nitrogen and oxygen atoms in total. The van der Waals surface area contributed by atoms with Crippen LogP contribution in [0.2, 0.25) is 0 Å². The first kappa shape index (κ1) is 14.1. The van der Waals surface area contributed by atoms with E-state index >= 15 is 0 Å². The zero-order valence-electron chi connectivity index (χ0n) is 9.72. The smallest absolute Gasteiger partial charge is 0.251 e. The first-order chi connectivity index (χ1) is 7.09. The Balaban J connectivity index is 0.00000128. The Labute approximate surface area is 102 Å². The minimum atomic E-state index is -2.19. The van der Waals surface area contributed by atoms with Crippen molar-refractivity contribution in [2.45, 2.75) is 38.7 Å². The monoisotopic (exact) mass is 254 g/mol. The molecule has 2 aliphatic rings. The fourth-order valence-corrected chi connectivity index (χ4v) is 2.45. The van der Waals surface area contributed by atoms with Crippen molar-refractivity contribution in [3.63, 3.8) is 0 Å². The molecule has 1 atom stereocenters. The molecule has 1 aliphatic carbocycles. The number of halogens is 3. The van der Waals surface area contributed by atoms with Crippen LogP contribution in [0, 0.1) is 5.41 Å². The summed E-state index contributed by atoms with van der Waals surface area (Å²) in [6, 6.07) is 0.441. The molecule has 0 aromatic carbocycles. The van der Waals surface area contributed by atoms with E-state index in [0.717, 1.165) is 38.9 Å². The lowest BCUT2D eigenvalue weighted by Crippen LogP contribution is -2.41. The second-order valence-corrected chi connectivity index (χ2v) is 5.29. The van der Waals surface area contributed by atoms with Crippen LogP contribution in [0.25, 0.3) is 0 Å². The second kappa shape index (κ2) is 5.61. The summed E-state index contributed by atoms with van der Waals surface area (Å²) < 4.78 is 24.8. The fourth-order valence-electron chi connectivity index (χ4n) is 2.45.